The average molecular weight is 307 g/mol. The lowest BCUT2D eigenvalue weighted by Crippen LogP contribution is -2.45. The fourth-order valence-corrected chi connectivity index (χ4v) is 1.54. The summed E-state index contributed by atoms with van der Waals surface area (Å²) in [5.41, 5.74) is 4.30. The van der Waals surface area contributed by atoms with Crippen LogP contribution in [0.2, 0.25) is 10.0 Å². The van der Waals surface area contributed by atoms with Crippen molar-refractivity contribution in [3.63, 3.8) is 0 Å². The summed E-state index contributed by atoms with van der Waals surface area (Å²) in [5.74, 6) is -0.680. The molecule has 0 aromatic heterocycles. The molecule has 1 aromatic carbocycles. The monoisotopic (exact) mass is 306 g/mol. The Morgan fingerprint density at radius 3 is 2.37 bits per heavy atom. The number of methoxy groups -OCH3 is 1. The maximum Gasteiger partial charge on any atom is 0.276 e. The summed E-state index contributed by atoms with van der Waals surface area (Å²) in [7, 11) is 1.37. The normalized spacial score (nSPS) is 9.84. The van der Waals surface area contributed by atoms with Gasteiger partial charge in [0.1, 0.15) is 12.4 Å². The van der Waals surface area contributed by atoms with Gasteiger partial charge in [-0.2, -0.15) is 0 Å². The molecule has 1 rings (SSSR count). The molecular formula is C11H12Cl2N2O4. The molecule has 8 heteroatoms. The van der Waals surface area contributed by atoms with Crippen LogP contribution in [0.3, 0.4) is 0 Å². The largest absolute Gasteiger partial charge is 0.482 e. The number of carbonyl (C=O) groups is 2. The first-order chi connectivity index (χ1) is 9.02. The zero-order chi connectivity index (χ0) is 14.3. The number of carbonyl (C=O) groups excluding carboxylic acids is 2. The number of halogens is 2. The third kappa shape index (κ3) is 5.78. The highest BCUT2D eigenvalue weighted by molar-refractivity contribution is 6.35. The molecule has 0 spiro atoms. The minimum atomic E-state index is -0.532. The van der Waals surface area contributed by atoms with Gasteiger partial charge in [-0.05, 0) is 18.2 Å². The Morgan fingerprint density at radius 2 is 1.79 bits per heavy atom. The molecule has 0 aliphatic heterocycles. The van der Waals surface area contributed by atoms with Gasteiger partial charge in [0.05, 0.1) is 5.02 Å². The van der Waals surface area contributed by atoms with Gasteiger partial charge in [-0.3, -0.25) is 20.4 Å². The zero-order valence-corrected chi connectivity index (χ0v) is 11.5. The summed E-state index contributed by atoms with van der Waals surface area (Å²) in [4.78, 5) is 22.3. The Morgan fingerprint density at radius 1 is 1.16 bits per heavy atom. The molecule has 1 aromatic rings. The van der Waals surface area contributed by atoms with E-state index in [1.54, 1.807) is 12.1 Å². The Balaban J connectivity index is 2.36. The van der Waals surface area contributed by atoms with Crippen molar-refractivity contribution in [3.8, 4) is 5.75 Å². The van der Waals surface area contributed by atoms with Crippen molar-refractivity contribution >= 4 is 35.0 Å². The molecule has 0 heterocycles. The van der Waals surface area contributed by atoms with Gasteiger partial charge < -0.3 is 9.47 Å². The van der Waals surface area contributed by atoms with Crippen molar-refractivity contribution in [3.05, 3.63) is 28.2 Å². The van der Waals surface area contributed by atoms with Crippen LogP contribution in [-0.4, -0.2) is 32.1 Å². The number of amides is 2. The topological polar surface area (TPSA) is 76.7 Å². The van der Waals surface area contributed by atoms with Gasteiger partial charge in [0, 0.05) is 12.1 Å². The number of nitrogens with one attached hydrogen (secondary N) is 2. The van der Waals surface area contributed by atoms with E-state index in [9.17, 15) is 9.59 Å². The molecule has 0 unspecified atom stereocenters. The third-order valence-electron chi connectivity index (χ3n) is 1.87. The average Bonchev–Trinajstić information content (AvgIpc) is 2.35. The lowest BCUT2D eigenvalue weighted by Gasteiger charge is -2.09. The molecule has 0 saturated heterocycles. The van der Waals surface area contributed by atoms with E-state index in [0.717, 1.165) is 0 Å². The van der Waals surface area contributed by atoms with E-state index < -0.39 is 11.8 Å². The number of hydrazine groups is 1. The van der Waals surface area contributed by atoms with E-state index in [0.29, 0.717) is 15.8 Å². The second-order valence-electron chi connectivity index (χ2n) is 3.39. The molecule has 0 fully saturated rings. The minimum Gasteiger partial charge on any atom is -0.482 e. The maximum absolute atomic E-state index is 11.3. The molecule has 2 amide bonds. The first kappa shape index (κ1) is 15.6. The smallest absolute Gasteiger partial charge is 0.276 e. The van der Waals surface area contributed by atoms with Crippen LogP contribution in [0.5, 0.6) is 5.75 Å². The lowest BCUT2D eigenvalue weighted by atomic mass is 10.3. The Bertz CT molecular complexity index is 468. The SMILES string of the molecule is COCC(=O)NNC(=O)COc1ccc(Cl)cc1Cl. The lowest BCUT2D eigenvalue weighted by molar-refractivity contribution is -0.131. The van der Waals surface area contributed by atoms with Crippen molar-refractivity contribution in [2.75, 3.05) is 20.3 Å². The van der Waals surface area contributed by atoms with Crippen LogP contribution < -0.4 is 15.6 Å². The predicted octanol–water partition coefficient (Wildman–Crippen LogP) is 1.17. The number of benzene rings is 1. The molecule has 19 heavy (non-hydrogen) atoms. The first-order valence-electron chi connectivity index (χ1n) is 5.17. The molecule has 0 aliphatic carbocycles. The van der Waals surface area contributed by atoms with Crippen LogP contribution in [0.25, 0.3) is 0 Å². The van der Waals surface area contributed by atoms with Crippen LogP contribution in [0.4, 0.5) is 0 Å². The number of hydrogen-bond donors (Lipinski definition) is 2. The van der Waals surface area contributed by atoms with E-state index in [4.69, 9.17) is 27.9 Å². The van der Waals surface area contributed by atoms with Gasteiger partial charge in [0.15, 0.2) is 6.61 Å². The summed E-state index contributed by atoms with van der Waals surface area (Å²) in [6.07, 6.45) is 0. The molecule has 0 radical (unpaired) electrons. The van der Waals surface area contributed by atoms with Gasteiger partial charge in [-0.15, -0.1) is 0 Å². The number of ether oxygens (including phenoxy) is 2. The predicted molar refractivity (Wildman–Crippen MR) is 70.1 cm³/mol. The Kier molecular flexibility index (Phi) is 6.41. The van der Waals surface area contributed by atoms with Gasteiger partial charge >= 0.3 is 0 Å². The molecule has 104 valence electrons. The summed E-state index contributed by atoms with van der Waals surface area (Å²) in [6, 6.07) is 4.62. The summed E-state index contributed by atoms with van der Waals surface area (Å²) in [6.45, 7) is -0.446. The fraction of sp³-hybridized carbons (Fsp3) is 0.273. The van der Waals surface area contributed by atoms with Crippen molar-refractivity contribution < 1.29 is 19.1 Å². The second kappa shape index (κ2) is 7.83. The minimum absolute atomic E-state index is 0.149. The highest BCUT2D eigenvalue weighted by Crippen LogP contribution is 2.27. The van der Waals surface area contributed by atoms with Crippen molar-refractivity contribution in [2.45, 2.75) is 0 Å². The van der Waals surface area contributed by atoms with Gasteiger partial charge in [0.2, 0.25) is 0 Å². The highest BCUT2D eigenvalue weighted by Gasteiger charge is 2.07. The van der Waals surface area contributed by atoms with Crippen LogP contribution >= 0.6 is 23.2 Å². The molecule has 0 saturated carbocycles. The zero-order valence-electron chi connectivity index (χ0n) is 10.0. The molecule has 0 atom stereocenters. The fourth-order valence-electron chi connectivity index (χ4n) is 1.08. The first-order valence-corrected chi connectivity index (χ1v) is 5.93. The quantitative estimate of drug-likeness (QED) is 0.801. The summed E-state index contributed by atoms with van der Waals surface area (Å²) >= 11 is 11.6. The molecule has 0 aliphatic rings. The van der Waals surface area contributed by atoms with Crippen LogP contribution in [0.1, 0.15) is 0 Å². The van der Waals surface area contributed by atoms with Crippen LogP contribution in [0.15, 0.2) is 18.2 Å². The highest BCUT2D eigenvalue weighted by atomic mass is 35.5. The van der Waals surface area contributed by atoms with E-state index in [-0.39, 0.29) is 13.2 Å². The number of rotatable bonds is 5. The molecule has 2 N–H and O–H groups in total. The van der Waals surface area contributed by atoms with Crippen molar-refractivity contribution in [2.24, 2.45) is 0 Å². The summed E-state index contributed by atoms with van der Waals surface area (Å²) < 4.78 is 9.73. The molecule has 6 nitrogen and oxygen atoms in total. The van der Waals surface area contributed by atoms with Gasteiger partial charge in [0.25, 0.3) is 11.8 Å². The third-order valence-corrected chi connectivity index (χ3v) is 2.40. The molecular weight excluding hydrogens is 295 g/mol. The maximum atomic E-state index is 11.3. The standard InChI is InChI=1S/C11H12Cl2N2O4/c1-18-5-10(16)14-15-11(17)6-19-9-3-2-7(12)4-8(9)13/h2-4H,5-6H2,1H3,(H,14,16)(H,15,17). The van der Waals surface area contributed by atoms with E-state index in [1.807, 2.05) is 0 Å². The van der Waals surface area contributed by atoms with Gasteiger partial charge in [-0.25, -0.2) is 0 Å². The Hall–Kier alpha value is -1.50. The van der Waals surface area contributed by atoms with Crippen LogP contribution in [-0.2, 0) is 14.3 Å². The summed E-state index contributed by atoms with van der Waals surface area (Å²) in [5, 5.41) is 0.761. The molecule has 0 bridgehead atoms. The van der Waals surface area contributed by atoms with Gasteiger partial charge in [-0.1, -0.05) is 23.2 Å². The van der Waals surface area contributed by atoms with E-state index >= 15 is 0 Å². The van der Waals surface area contributed by atoms with E-state index in [2.05, 4.69) is 15.6 Å². The number of hydrogen-bond acceptors (Lipinski definition) is 4. The van der Waals surface area contributed by atoms with Crippen molar-refractivity contribution in [1.82, 2.24) is 10.9 Å². The second-order valence-corrected chi connectivity index (χ2v) is 4.24. The Labute approximate surface area is 119 Å². The van der Waals surface area contributed by atoms with E-state index in [1.165, 1.54) is 13.2 Å². The van der Waals surface area contributed by atoms with Crippen LogP contribution in [0, 0.1) is 0 Å². The van der Waals surface area contributed by atoms with Crippen molar-refractivity contribution in [1.29, 1.82) is 0 Å².